The van der Waals surface area contributed by atoms with E-state index in [9.17, 15) is 8.42 Å². The molecule has 2 aromatic rings. The molecule has 0 amide bonds. The van der Waals surface area contributed by atoms with Gasteiger partial charge in [-0.2, -0.15) is 9.52 Å². The third-order valence-electron chi connectivity index (χ3n) is 3.64. The van der Waals surface area contributed by atoms with E-state index in [1.165, 1.54) is 4.41 Å². The molecular weight excluding hydrogens is 355 g/mol. The van der Waals surface area contributed by atoms with Crippen LogP contribution in [0.3, 0.4) is 0 Å². The van der Waals surface area contributed by atoms with E-state index >= 15 is 0 Å². The summed E-state index contributed by atoms with van der Waals surface area (Å²) in [5, 5.41) is 5.56. The number of hydrogen-bond acceptors (Lipinski definition) is 3. The monoisotopic (exact) mass is 368 g/mol. The number of hydrogen-bond donors (Lipinski definition) is 0. The van der Waals surface area contributed by atoms with Crippen molar-refractivity contribution in [3.05, 3.63) is 69.7 Å². The number of nitrogens with zero attached hydrogens (tertiary/aromatic N) is 2. The molecular formula is C16H14Cl2N2O2S. The fraction of sp³-hybridized carbons (Fsp3) is 0.188. The SMILES string of the molecule is CS(=O)(=O)N1N=C(c2ccc(Cl)cc2)C[C@H]1c1ccc(Cl)cc1. The normalized spacial score (nSPS) is 18.1. The molecule has 0 saturated carbocycles. The van der Waals surface area contributed by atoms with Crippen LogP contribution >= 0.6 is 23.2 Å². The Morgan fingerprint density at radius 2 is 1.52 bits per heavy atom. The van der Waals surface area contributed by atoms with Crippen molar-refractivity contribution in [1.29, 1.82) is 0 Å². The molecule has 0 N–H and O–H groups in total. The summed E-state index contributed by atoms with van der Waals surface area (Å²) in [4.78, 5) is 0. The maximum absolute atomic E-state index is 12.1. The molecule has 0 bridgehead atoms. The number of rotatable bonds is 3. The van der Waals surface area contributed by atoms with E-state index in [1.807, 2.05) is 24.3 Å². The van der Waals surface area contributed by atoms with Crippen molar-refractivity contribution in [3.8, 4) is 0 Å². The highest BCUT2D eigenvalue weighted by molar-refractivity contribution is 7.88. The van der Waals surface area contributed by atoms with Crippen molar-refractivity contribution in [2.75, 3.05) is 6.26 Å². The summed E-state index contributed by atoms with van der Waals surface area (Å²) in [5.41, 5.74) is 2.43. The van der Waals surface area contributed by atoms with Crippen LogP contribution in [0.1, 0.15) is 23.6 Å². The first-order valence-corrected chi connectivity index (χ1v) is 9.53. The third-order valence-corrected chi connectivity index (χ3v) is 5.16. The summed E-state index contributed by atoms with van der Waals surface area (Å²) < 4.78 is 25.3. The van der Waals surface area contributed by atoms with Crippen LogP contribution in [-0.4, -0.2) is 24.8 Å². The number of hydrazone groups is 1. The van der Waals surface area contributed by atoms with Gasteiger partial charge in [0.25, 0.3) is 0 Å². The molecule has 0 radical (unpaired) electrons. The molecule has 1 heterocycles. The van der Waals surface area contributed by atoms with Crippen LogP contribution in [0.25, 0.3) is 0 Å². The van der Waals surface area contributed by atoms with Crippen LogP contribution in [0, 0.1) is 0 Å². The minimum absolute atomic E-state index is 0.368. The Balaban J connectivity index is 1.99. The molecule has 23 heavy (non-hydrogen) atoms. The molecule has 120 valence electrons. The lowest BCUT2D eigenvalue weighted by Crippen LogP contribution is -2.25. The number of halogens is 2. The molecule has 0 fully saturated rings. The summed E-state index contributed by atoms with van der Waals surface area (Å²) in [6.45, 7) is 0. The maximum Gasteiger partial charge on any atom is 0.247 e. The number of sulfonamides is 1. The van der Waals surface area contributed by atoms with Gasteiger partial charge in [-0.15, -0.1) is 0 Å². The molecule has 0 aromatic heterocycles. The van der Waals surface area contributed by atoms with Crippen molar-refractivity contribution in [1.82, 2.24) is 4.41 Å². The van der Waals surface area contributed by atoms with Gasteiger partial charge in [-0.1, -0.05) is 47.5 Å². The van der Waals surface area contributed by atoms with E-state index in [0.29, 0.717) is 22.2 Å². The lowest BCUT2D eigenvalue weighted by molar-refractivity contribution is 0.375. The molecule has 0 spiro atoms. The Labute approximate surface area is 145 Å². The van der Waals surface area contributed by atoms with Crippen molar-refractivity contribution in [2.45, 2.75) is 12.5 Å². The molecule has 4 nitrogen and oxygen atoms in total. The highest BCUT2D eigenvalue weighted by Gasteiger charge is 2.34. The van der Waals surface area contributed by atoms with E-state index in [4.69, 9.17) is 23.2 Å². The van der Waals surface area contributed by atoms with Crippen LogP contribution in [0.15, 0.2) is 53.6 Å². The smallest absolute Gasteiger partial charge is 0.205 e. The van der Waals surface area contributed by atoms with E-state index in [2.05, 4.69) is 5.10 Å². The van der Waals surface area contributed by atoms with Crippen LogP contribution in [-0.2, 0) is 10.0 Å². The van der Waals surface area contributed by atoms with Crippen LogP contribution in [0.2, 0.25) is 10.0 Å². The van der Waals surface area contributed by atoms with E-state index in [-0.39, 0.29) is 6.04 Å². The lowest BCUT2D eigenvalue weighted by Gasteiger charge is -2.21. The van der Waals surface area contributed by atoms with Crippen molar-refractivity contribution >= 4 is 38.9 Å². The summed E-state index contributed by atoms with van der Waals surface area (Å²) in [5.74, 6) is 0. The second-order valence-corrected chi connectivity index (χ2v) is 8.07. The fourth-order valence-electron chi connectivity index (χ4n) is 2.54. The third kappa shape index (κ3) is 3.52. The standard InChI is InChI=1S/C16H14Cl2N2O2S/c1-23(21,22)20-16(12-4-8-14(18)9-5-12)10-15(19-20)11-2-6-13(17)7-3-11/h2-9,16H,10H2,1H3/t16-/m0/s1. The molecule has 0 saturated heterocycles. The van der Waals surface area contributed by atoms with Crippen LogP contribution < -0.4 is 0 Å². The first-order chi connectivity index (χ1) is 10.8. The van der Waals surface area contributed by atoms with E-state index < -0.39 is 10.0 Å². The zero-order chi connectivity index (χ0) is 16.6. The summed E-state index contributed by atoms with van der Waals surface area (Å²) in [6.07, 6.45) is 1.65. The molecule has 1 aliphatic rings. The van der Waals surface area contributed by atoms with Crippen LogP contribution in [0.4, 0.5) is 0 Å². The lowest BCUT2D eigenvalue weighted by atomic mass is 9.99. The van der Waals surface area contributed by atoms with Crippen molar-refractivity contribution < 1.29 is 8.42 Å². The van der Waals surface area contributed by atoms with Gasteiger partial charge >= 0.3 is 0 Å². The van der Waals surface area contributed by atoms with Gasteiger partial charge in [0.2, 0.25) is 10.0 Å². The summed E-state index contributed by atoms with van der Waals surface area (Å²) >= 11 is 11.8. The van der Waals surface area contributed by atoms with Gasteiger partial charge in [0.05, 0.1) is 18.0 Å². The molecule has 1 atom stereocenters. The van der Waals surface area contributed by atoms with Crippen molar-refractivity contribution in [3.63, 3.8) is 0 Å². The predicted molar refractivity (Wildman–Crippen MR) is 93.5 cm³/mol. The maximum atomic E-state index is 12.1. The Morgan fingerprint density at radius 3 is 2.04 bits per heavy atom. The molecule has 7 heteroatoms. The van der Waals surface area contributed by atoms with Gasteiger partial charge in [0.1, 0.15) is 0 Å². The molecule has 0 aliphatic carbocycles. The minimum atomic E-state index is -3.47. The van der Waals surface area contributed by atoms with Gasteiger partial charge in [-0.05, 0) is 35.4 Å². The van der Waals surface area contributed by atoms with Gasteiger partial charge in [-0.3, -0.25) is 0 Å². The van der Waals surface area contributed by atoms with Crippen LogP contribution in [0.5, 0.6) is 0 Å². The van der Waals surface area contributed by atoms with Crippen molar-refractivity contribution in [2.24, 2.45) is 5.10 Å². The Bertz CT molecular complexity index is 847. The molecule has 2 aromatic carbocycles. The second-order valence-electron chi connectivity index (χ2n) is 5.36. The molecule has 1 aliphatic heterocycles. The van der Waals surface area contributed by atoms with Gasteiger partial charge < -0.3 is 0 Å². The molecule has 3 rings (SSSR count). The predicted octanol–water partition coefficient (Wildman–Crippen LogP) is 4.10. The zero-order valence-electron chi connectivity index (χ0n) is 12.3. The van der Waals surface area contributed by atoms with E-state index in [1.54, 1.807) is 24.3 Å². The largest absolute Gasteiger partial charge is 0.247 e. The highest BCUT2D eigenvalue weighted by atomic mass is 35.5. The van der Waals surface area contributed by atoms with Gasteiger partial charge in [0, 0.05) is 16.5 Å². The van der Waals surface area contributed by atoms with E-state index in [0.717, 1.165) is 17.4 Å². The summed E-state index contributed by atoms with van der Waals surface area (Å²) in [7, 11) is -3.47. The topological polar surface area (TPSA) is 49.7 Å². The average molecular weight is 369 g/mol. The van der Waals surface area contributed by atoms with Gasteiger partial charge in [-0.25, -0.2) is 8.42 Å². The first kappa shape index (κ1) is 16.3. The quantitative estimate of drug-likeness (QED) is 0.818. The molecule has 0 unspecified atom stereocenters. The van der Waals surface area contributed by atoms with Gasteiger partial charge in [0.15, 0.2) is 0 Å². The Hall–Kier alpha value is -1.56. The minimum Gasteiger partial charge on any atom is -0.205 e. The second kappa shape index (κ2) is 6.15. The number of benzene rings is 2. The first-order valence-electron chi connectivity index (χ1n) is 6.93. The fourth-order valence-corrected chi connectivity index (χ4v) is 3.70. The average Bonchev–Trinajstić information content (AvgIpc) is 2.94. The Kier molecular flexibility index (Phi) is 4.36. The zero-order valence-corrected chi connectivity index (χ0v) is 14.6. The highest BCUT2D eigenvalue weighted by Crippen LogP contribution is 2.35. The summed E-state index contributed by atoms with van der Waals surface area (Å²) in [6, 6.07) is 14.0. The Morgan fingerprint density at radius 1 is 1.00 bits per heavy atom.